The SMILES string of the molecule is Cc1ccccc1CCC(N)Cc1cnn(C)c1. The molecule has 0 radical (unpaired) electrons. The predicted molar refractivity (Wildman–Crippen MR) is 74.4 cm³/mol. The summed E-state index contributed by atoms with van der Waals surface area (Å²) in [6, 6.07) is 8.71. The van der Waals surface area contributed by atoms with Crippen LogP contribution in [0.5, 0.6) is 0 Å². The quantitative estimate of drug-likeness (QED) is 0.875. The van der Waals surface area contributed by atoms with Gasteiger partial charge < -0.3 is 5.73 Å². The van der Waals surface area contributed by atoms with E-state index in [1.807, 2.05) is 24.1 Å². The largest absolute Gasteiger partial charge is 0.327 e. The Kier molecular flexibility index (Phi) is 4.15. The van der Waals surface area contributed by atoms with Crippen LogP contribution in [0.1, 0.15) is 23.1 Å². The van der Waals surface area contributed by atoms with E-state index in [1.165, 1.54) is 16.7 Å². The van der Waals surface area contributed by atoms with Gasteiger partial charge in [-0.25, -0.2) is 0 Å². The topological polar surface area (TPSA) is 43.8 Å². The van der Waals surface area contributed by atoms with Crippen molar-refractivity contribution in [3.8, 4) is 0 Å². The van der Waals surface area contributed by atoms with E-state index in [2.05, 4.69) is 36.3 Å². The lowest BCUT2D eigenvalue weighted by Crippen LogP contribution is -2.23. The van der Waals surface area contributed by atoms with Gasteiger partial charge in [-0.2, -0.15) is 5.10 Å². The highest BCUT2D eigenvalue weighted by molar-refractivity contribution is 5.25. The van der Waals surface area contributed by atoms with Crippen molar-refractivity contribution in [3.05, 3.63) is 53.3 Å². The second kappa shape index (κ2) is 5.83. The molecule has 0 bridgehead atoms. The Morgan fingerprint density at radius 1 is 1.33 bits per heavy atom. The fraction of sp³-hybridized carbons (Fsp3) is 0.400. The van der Waals surface area contributed by atoms with E-state index in [1.54, 1.807) is 0 Å². The molecule has 0 aliphatic heterocycles. The van der Waals surface area contributed by atoms with E-state index in [4.69, 9.17) is 5.73 Å². The summed E-state index contributed by atoms with van der Waals surface area (Å²) in [6.45, 7) is 2.15. The minimum Gasteiger partial charge on any atom is -0.327 e. The highest BCUT2D eigenvalue weighted by Crippen LogP contribution is 2.12. The van der Waals surface area contributed by atoms with Gasteiger partial charge in [0, 0.05) is 19.3 Å². The monoisotopic (exact) mass is 243 g/mol. The van der Waals surface area contributed by atoms with Gasteiger partial charge in [0.25, 0.3) is 0 Å². The molecule has 2 rings (SSSR count). The fourth-order valence-corrected chi connectivity index (χ4v) is 2.21. The second-order valence-electron chi connectivity index (χ2n) is 4.95. The molecule has 1 atom stereocenters. The Bertz CT molecular complexity index is 502. The summed E-state index contributed by atoms with van der Waals surface area (Å²) in [7, 11) is 1.93. The maximum atomic E-state index is 6.18. The molecule has 3 nitrogen and oxygen atoms in total. The molecule has 0 spiro atoms. The number of aryl methyl sites for hydroxylation is 3. The van der Waals surface area contributed by atoms with Crippen LogP contribution in [0.3, 0.4) is 0 Å². The molecule has 18 heavy (non-hydrogen) atoms. The molecular weight excluding hydrogens is 222 g/mol. The minimum absolute atomic E-state index is 0.203. The Morgan fingerprint density at radius 3 is 2.78 bits per heavy atom. The molecule has 0 fully saturated rings. The van der Waals surface area contributed by atoms with Crippen LogP contribution in [0, 0.1) is 6.92 Å². The lowest BCUT2D eigenvalue weighted by molar-refractivity contribution is 0.609. The van der Waals surface area contributed by atoms with Gasteiger partial charge in [0.15, 0.2) is 0 Å². The number of hydrogen-bond donors (Lipinski definition) is 1. The Balaban J connectivity index is 1.85. The van der Waals surface area contributed by atoms with Gasteiger partial charge in [0.2, 0.25) is 0 Å². The lowest BCUT2D eigenvalue weighted by Gasteiger charge is -2.11. The van der Waals surface area contributed by atoms with Gasteiger partial charge in [-0.3, -0.25) is 4.68 Å². The molecule has 1 heterocycles. The second-order valence-corrected chi connectivity index (χ2v) is 4.95. The molecule has 3 heteroatoms. The Hall–Kier alpha value is -1.61. The lowest BCUT2D eigenvalue weighted by atomic mass is 9.99. The molecule has 96 valence electrons. The zero-order valence-corrected chi connectivity index (χ0v) is 11.1. The Labute approximate surface area is 109 Å². The summed E-state index contributed by atoms with van der Waals surface area (Å²) in [5.41, 5.74) is 10.1. The summed E-state index contributed by atoms with van der Waals surface area (Å²) in [4.78, 5) is 0. The molecule has 0 amide bonds. The highest BCUT2D eigenvalue weighted by atomic mass is 15.2. The number of benzene rings is 1. The van der Waals surface area contributed by atoms with E-state index in [0.717, 1.165) is 19.3 Å². The van der Waals surface area contributed by atoms with E-state index < -0.39 is 0 Å². The molecule has 2 aromatic rings. The average Bonchev–Trinajstić information content (AvgIpc) is 2.74. The molecule has 2 N–H and O–H groups in total. The first kappa shape index (κ1) is 12.8. The van der Waals surface area contributed by atoms with E-state index in [0.29, 0.717) is 0 Å². The van der Waals surface area contributed by atoms with Crippen molar-refractivity contribution in [1.29, 1.82) is 0 Å². The van der Waals surface area contributed by atoms with Gasteiger partial charge in [0.05, 0.1) is 6.20 Å². The normalized spacial score (nSPS) is 12.6. The van der Waals surface area contributed by atoms with Crippen LogP contribution in [0.4, 0.5) is 0 Å². The number of nitrogens with two attached hydrogens (primary N) is 1. The molecule has 1 unspecified atom stereocenters. The number of rotatable bonds is 5. The number of hydrogen-bond acceptors (Lipinski definition) is 2. The zero-order valence-electron chi connectivity index (χ0n) is 11.1. The van der Waals surface area contributed by atoms with Crippen LogP contribution in [-0.4, -0.2) is 15.8 Å². The van der Waals surface area contributed by atoms with Crippen LogP contribution in [0.25, 0.3) is 0 Å². The molecule has 1 aromatic heterocycles. The van der Waals surface area contributed by atoms with Crippen LogP contribution < -0.4 is 5.73 Å². The molecule has 0 saturated heterocycles. The third kappa shape index (κ3) is 3.44. The van der Waals surface area contributed by atoms with E-state index in [9.17, 15) is 0 Å². The van der Waals surface area contributed by atoms with Crippen molar-refractivity contribution in [2.45, 2.75) is 32.2 Å². The number of nitrogens with zero attached hydrogens (tertiary/aromatic N) is 2. The molecule has 0 aliphatic rings. The average molecular weight is 243 g/mol. The molecular formula is C15H21N3. The molecule has 1 aromatic carbocycles. The van der Waals surface area contributed by atoms with Crippen LogP contribution in [-0.2, 0) is 19.9 Å². The smallest absolute Gasteiger partial charge is 0.0522 e. The van der Waals surface area contributed by atoms with E-state index in [-0.39, 0.29) is 6.04 Å². The van der Waals surface area contributed by atoms with E-state index >= 15 is 0 Å². The Morgan fingerprint density at radius 2 is 2.11 bits per heavy atom. The first-order valence-corrected chi connectivity index (χ1v) is 6.43. The van der Waals surface area contributed by atoms with Crippen molar-refractivity contribution >= 4 is 0 Å². The van der Waals surface area contributed by atoms with Gasteiger partial charge in [-0.05, 0) is 42.9 Å². The van der Waals surface area contributed by atoms with Crippen molar-refractivity contribution in [3.63, 3.8) is 0 Å². The summed E-state index contributed by atoms with van der Waals surface area (Å²) >= 11 is 0. The van der Waals surface area contributed by atoms with Crippen molar-refractivity contribution < 1.29 is 0 Å². The van der Waals surface area contributed by atoms with Crippen molar-refractivity contribution in [2.75, 3.05) is 0 Å². The number of aromatic nitrogens is 2. The fourth-order valence-electron chi connectivity index (χ4n) is 2.21. The zero-order chi connectivity index (χ0) is 13.0. The van der Waals surface area contributed by atoms with Crippen molar-refractivity contribution in [1.82, 2.24) is 9.78 Å². The van der Waals surface area contributed by atoms with Crippen LogP contribution in [0.2, 0.25) is 0 Å². The third-order valence-corrected chi connectivity index (χ3v) is 3.30. The summed E-state index contributed by atoms with van der Waals surface area (Å²) < 4.78 is 1.82. The van der Waals surface area contributed by atoms with Gasteiger partial charge in [0.1, 0.15) is 0 Å². The van der Waals surface area contributed by atoms with Gasteiger partial charge >= 0.3 is 0 Å². The summed E-state index contributed by atoms with van der Waals surface area (Å²) in [5.74, 6) is 0. The summed E-state index contributed by atoms with van der Waals surface area (Å²) in [5, 5.41) is 4.16. The maximum Gasteiger partial charge on any atom is 0.0522 e. The van der Waals surface area contributed by atoms with Crippen LogP contribution in [0.15, 0.2) is 36.7 Å². The molecule has 0 saturated carbocycles. The first-order chi connectivity index (χ1) is 8.65. The van der Waals surface area contributed by atoms with Gasteiger partial charge in [-0.1, -0.05) is 24.3 Å². The standard InChI is InChI=1S/C15H21N3/c1-12-5-3-4-6-14(12)7-8-15(16)9-13-10-17-18(2)11-13/h3-6,10-11,15H,7-9,16H2,1-2H3. The first-order valence-electron chi connectivity index (χ1n) is 6.43. The summed E-state index contributed by atoms with van der Waals surface area (Å²) in [6.07, 6.45) is 6.90. The predicted octanol–water partition coefficient (Wildman–Crippen LogP) is 2.23. The third-order valence-electron chi connectivity index (χ3n) is 3.30. The maximum absolute atomic E-state index is 6.18. The highest BCUT2D eigenvalue weighted by Gasteiger charge is 2.07. The van der Waals surface area contributed by atoms with Crippen LogP contribution >= 0.6 is 0 Å². The van der Waals surface area contributed by atoms with Crippen molar-refractivity contribution in [2.24, 2.45) is 12.8 Å². The van der Waals surface area contributed by atoms with Gasteiger partial charge in [-0.15, -0.1) is 0 Å². The molecule has 0 aliphatic carbocycles. The minimum atomic E-state index is 0.203.